The average molecular weight is 251 g/mol. The summed E-state index contributed by atoms with van der Waals surface area (Å²) in [6, 6.07) is 0.322. The van der Waals surface area contributed by atoms with Gasteiger partial charge in [-0.05, 0) is 18.9 Å². The molecule has 5 heteroatoms. The first kappa shape index (κ1) is 15.7. The van der Waals surface area contributed by atoms with Crippen molar-refractivity contribution in [2.24, 2.45) is 5.92 Å². The highest BCUT2D eigenvalue weighted by Gasteiger charge is 2.15. The molecule has 1 saturated heterocycles. The molecule has 1 aliphatic rings. The molecule has 1 fully saturated rings. The molecule has 1 atom stereocenters. The van der Waals surface area contributed by atoms with Crippen LogP contribution in [0.1, 0.15) is 26.7 Å². The highest BCUT2D eigenvalue weighted by Crippen LogP contribution is 1.98. The van der Waals surface area contributed by atoms with Gasteiger partial charge in [0.25, 0.3) is 0 Å². The molecular formula is C11H23ClN2O2. The second kappa shape index (κ2) is 8.79. The molecule has 0 aliphatic carbocycles. The Morgan fingerprint density at radius 2 is 2.31 bits per heavy atom. The minimum Gasteiger partial charge on any atom is -0.381 e. The third-order valence-corrected chi connectivity index (χ3v) is 2.35. The molecule has 0 aromatic rings. The second-order valence-corrected chi connectivity index (χ2v) is 4.48. The lowest BCUT2D eigenvalue weighted by Crippen LogP contribution is -2.36. The maximum atomic E-state index is 11.4. The molecule has 0 radical (unpaired) electrons. The van der Waals surface area contributed by atoms with Gasteiger partial charge in [-0.3, -0.25) is 4.79 Å². The van der Waals surface area contributed by atoms with Gasteiger partial charge in [0.05, 0.1) is 6.61 Å². The first-order valence-electron chi connectivity index (χ1n) is 5.76. The van der Waals surface area contributed by atoms with Crippen molar-refractivity contribution >= 4 is 18.3 Å². The van der Waals surface area contributed by atoms with E-state index in [1.807, 2.05) is 0 Å². The number of hydrogen-bond donors (Lipinski definition) is 2. The van der Waals surface area contributed by atoms with Crippen LogP contribution in [-0.4, -0.2) is 38.3 Å². The van der Waals surface area contributed by atoms with Crippen LogP contribution in [0.5, 0.6) is 0 Å². The Morgan fingerprint density at radius 3 is 2.88 bits per heavy atom. The quantitative estimate of drug-likeness (QED) is 0.691. The maximum absolute atomic E-state index is 11.4. The van der Waals surface area contributed by atoms with E-state index in [4.69, 9.17) is 4.74 Å². The van der Waals surface area contributed by atoms with Gasteiger partial charge in [-0.1, -0.05) is 13.8 Å². The van der Waals surface area contributed by atoms with Gasteiger partial charge in [-0.2, -0.15) is 0 Å². The summed E-state index contributed by atoms with van der Waals surface area (Å²) in [6.45, 7) is 7.38. The SMILES string of the molecule is CC(C)COCCC(=O)NC1CCNC1.Cl. The monoisotopic (exact) mass is 250 g/mol. The third-order valence-electron chi connectivity index (χ3n) is 2.35. The van der Waals surface area contributed by atoms with E-state index in [1.54, 1.807) is 0 Å². The molecule has 1 heterocycles. The zero-order valence-electron chi connectivity index (χ0n) is 10.1. The number of ether oxygens (including phenoxy) is 1. The second-order valence-electron chi connectivity index (χ2n) is 4.48. The van der Waals surface area contributed by atoms with Gasteiger partial charge in [0.15, 0.2) is 0 Å². The van der Waals surface area contributed by atoms with Crippen LogP contribution in [0.15, 0.2) is 0 Å². The first-order valence-corrected chi connectivity index (χ1v) is 5.76. The standard InChI is InChI=1S/C11H22N2O2.ClH/c1-9(2)8-15-6-4-11(14)13-10-3-5-12-7-10;/h9-10,12H,3-8H2,1-2H3,(H,13,14);1H. The minimum absolute atomic E-state index is 0. The predicted octanol–water partition coefficient (Wildman–Crippen LogP) is 0.949. The van der Waals surface area contributed by atoms with Gasteiger partial charge < -0.3 is 15.4 Å². The number of rotatable bonds is 6. The molecular weight excluding hydrogens is 228 g/mol. The Hall–Kier alpha value is -0.320. The zero-order chi connectivity index (χ0) is 11.1. The number of hydrogen-bond acceptors (Lipinski definition) is 3. The molecule has 0 aromatic carbocycles. The summed E-state index contributed by atoms with van der Waals surface area (Å²) >= 11 is 0. The van der Waals surface area contributed by atoms with Crippen molar-refractivity contribution in [2.75, 3.05) is 26.3 Å². The minimum atomic E-state index is 0. The molecule has 1 rings (SSSR count). The number of halogens is 1. The van der Waals surface area contributed by atoms with Crippen molar-refractivity contribution in [3.05, 3.63) is 0 Å². The van der Waals surface area contributed by atoms with E-state index in [0.717, 1.165) is 26.1 Å². The summed E-state index contributed by atoms with van der Waals surface area (Å²) in [5.41, 5.74) is 0. The smallest absolute Gasteiger partial charge is 0.222 e. The van der Waals surface area contributed by atoms with Gasteiger partial charge >= 0.3 is 0 Å². The van der Waals surface area contributed by atoms with Crippen molar-refractivity contribution in [3.8, 4) is 0 Å². The Balaban J connectivity index is 0.00000225. The highest BCUT2D eigenvalue weighted by atomic mass is 35.5. The Morgan fingerprint density at radius 1 is 1.56 bits per heavy atom. The molecule has 0 spiro atoms. The van der Waals surface area contributed by atoms with Crippen LogP contribution in [0, 0.1) is 5.92 Å². The van der Waals surface area contributed by atoms with Gasteiger partial charge in [0, 0.05) is 25.6 Å². The lowest BCUT2D eigenvalue weighted by molar-refractivity contribution is -0.122. The normalized spacial score (nSPS) is 19.6. The van der Waals surface area contributed by atoms with Crippen LogP contribution in [0.2, 0.25) is 0 Å². The van der Waals surface area contributed by atoms with E-state index in [2.05, 4.69) is 24.5 Å². The van der Waals surface area contributed by atoms with E-state index in [-0.39, 0.29) is 18.3 Å². The fourth-order valence-electron chi connectivity index (χ4n) is 1.56. The van der Waals surface area contributed by atoms with Gasteiger partial charge in [-0.25, -0.2) is 0 Å². The van der Waals surface area contributed by atoms with Crippen molar-refractivity contribution in [1.82, 2.24) is 10.6 Å². The summed E-state index contributed by atoms with van der Waals surface area (Å²) in [4.78, 5) is 11.4. The van der Waals surface area contributed by atoms with Crippen LogP contribution in [0.3, 0.4) is 0 Å². The zero-order valence-corrected chi connectivity index (χ0v) is 10.9. The summed E-state index contributed by atoms with van der Waals surface area (Å²) in [6.07, 6.45) is 1.52. The Labute approximate surface area is 104 Å². The molecule has 0 bridgehead atoms. The maximum Gasteiger partial charge on any atom is 0.222 e. The molecule has 2 N–H and O–H groups in total. The largest absolute Gasteiger partial charge is 0.381 e. The van der Waals surface area contributed by atoms with E-state index >= 15 is 0 Å². The number of amides is 1. The fourth-order valence-corrected chi connectivity index (χ4v) is 1.56. The summed E-state index contributed by atoms with van der Waals surface area (Å²) < 4.78 is 5.35. The molecule has 1 aliphatic heterocycles. The lowest BCUT2D eigenvalue weighted by Gasteiger charge is -2.11. The fraction of sp³-hybridized carbons (Fsp3) is 0.909. The molecule has 1 amide bonds. The van der Waals surface area contributed by atoms with Crippen LogP contribution in [0.25, 0.3) is 0 Å². The van der Waals surface area contributed by atoms with E-state index in [0.29, 0.717) is 25.0 Å². The van der Waals surface area contributed by atoms with E-state index in [9.17, 15) is 4.79 Å². The van der Waals surface area contributed by atoms with Crippen LogP contribution >= 0.6 is 12.4 Å². The van der Waals surface area contributed by atoms with Crippen molar-refractivity contribution in [2.45, 2.75) is 32.7 Å². The molecule has 0 saturated carbocycles. The molecule has 96 valence electrons. The molecule has 16 heavy (non-hydrogen) atoms. The van der Waals surface area contributed by atoms with Gasteiger partial charge in [0.1, 0.15) is 0 Å². The van der Waals surface area contributed by atoms with Crippen LogP contribution in [0.4, 0.5) is 0 Å². The topological polar surface area (TPSA) is 50.4 Å². The Bertz CT molecular complexity index is 194. The molecule has 1 unspecified atom stereocenters. The highest BCUT2D eigenvalue weighted by molar-refractivity contribution is 5.85. The number of nitrogens with one attached hydrogen (secondary N) is 2. The van der Waals surface area contributed by atoms with Crippen molar-refractivity contribution in [3.63, 3.8) is 0 Å². The molecule has 4 nitrogen and oxygen atoms in total. The van der Waals surface area contributed by atoms with Gasteiger partial charge in [-0.15, -0.1) is 12.4 Å². The average Bonchev–Trinajstić information content (AvgIpc) is 2.64. The lowest BCUT2D eigenvalue weighted by atomic mass is 10.2. The third kappa shape index (κ3) is 7.04. The summed E-state index contributed by atoms with van der Waals surface area (Å²) in [5, 5.41) is 6.20. The Kier molecular flexibility index (Phi) is 8.61. The summed E-state index contributed by atoms with van der Waals surface area (Å²) in [7, 11) is 0. The van der Waals surface area contributed by atoms with E-state index < -0.39 is 0 Å². The first-order chi connectivity index (χ1) is 7.18. The molecule has 0 aromatic heterocycles. The number of carbonyl (C=O) groups excluding carboxylic acids is 1. The van der Waals surface area contributed by atoms with Crippen LogP contribution in [-0.2, 0) is 9.53 Å². The summed E-state index contributed by atoms with van der Waals surface area (Å²) in [5.74, 6) is 0.638. The predicted molar refractivity (Wildman–Crippen MR) is 66.9 cm³/mol. The van der Waals surface area contributed by atoms with Gasteiger partial charge in [0.2, 0.25) is 5.91 Å². The van der Waals surface area contributed by atoms with Crippen LogP contribution < -0.4 is 10.6 Å². The van der Waals surface area contributed by atoms with Crippen molar-refractivity contribution in [1.29, 1.82) is 0 Å². The van der Waals surface area contributed by atoms with E-state index in [1.165, 1.54) is 0 Å². The van der Waals surface area contributed by atoms with Crippen molar-refractivity contribution < 1.29 is 9.53 Å². The number of carbonyl (C=O) groups is 1.